The predicted octanol–water partition coefficient (Wildman–Crippen LogP) is 1.26. The molecule has 3 unspecified atom stereocenters. The van der Waals surface area contributed by atoms with Gasteiger partial charge in [0.25, 0.3) is 0 Å². The molecule has 0 radical (unpaired) electrons. The molecule has 0 amide bonds. The number of hydrogen-bond acceptors (Lipinski definition) is 4. The highest BCUT2D eigenvalue weighted by atomic mass is 16.5. The van der Waals surface area contributed by atoms with Crippen LogP contribution in [0, 0.1) is 11.8 Å². The Labute approximate surface area is 108 Å². The lowest BCUT2D eigenvalue weighted by Gasteiger charge is -2.20. The Balaban J connectivity index is 1.98. The fraction of sp³-hybridized carbons (Fsp3) is 0.846. The van der Waals surface area contributed by atoms with E-state index >= 15 is 0 Å². The summed E-state index contributed by atoms with van der Waals surface area (Å²) in [5, 5.41) is 14.5. The van der Waals surface area contributed by atoms with Gasteiger partial charge >= 0.3 is 0 Å². The van der Waals surface area contributed by atoms with Crippen molar-refractivity contribution in [3.8, 4) is 0 Å². The fourth-order valence-electron chi connectivity index (χ4n) is 2.54. The van der Waals surface area contributed by atoms with E-state index in [2.05, 4.69) is 23.9 Å². The van der Waals surface area contributed by atoms with Crippen molar-refractivity contribution in [3.05, 3.63) is 12.2 Å². The summed E-state index contributed by atoms with van der Waals surface area (Å²) in [6.07, 6.45) is 2.81. The molecule has 1 saturated heterocycles. The molecule has 18 heavy (non-hydrogen) atoms. The van der Waals surface area contributed by atoms with E-state index in [0.717, 1.165) is 25.4 Å². The Morgan fingerprint density at radius 1 is 1.56 bits per heavy atom. The van der Waals surface area contributed by atoms with Gasteiger partial charge in [0, 0.05) is 25.5 Å². The Bertz CT molecular complexity index is 378. The SMILES string of the molecule is CC(C)Cn1ncnc1CC(O)C1CCOC1C. The first-order valence-electron chi connectivity index (χ1n) is 6.74. The third-order valence-corrected chi connectivity index (χ3v) is 3.55. The summed E-state index contributed by atoms with van der Waals surface area (Å²) in [5.74, 6) is 1.61. The number of nitrogens with zero attached hydrogens (tertiary/aromatic N) is 3. The Kier molecular flexibility index (Phi) is 4.35. The van der Waals surface area contributed by atoms with Gasteiger partial charge in [-0.1, -0.05) is 13.8 Å². The Morgan fingerprint density at radius 2 is 2.33 bits per heavy atom. The molecule has 0 aliphatic carbocycles. The van der Waals surface area contributed by atoms with Crippen LogP contribution in [0.5, 0.6) is 0 Å². The average Bonchev–Trinajstić information content (AvgIpc) is 2.88. The summed E-state index contributed by atoms with van der Waals surface area (Å²) < 4.78 is 7.39. The van der Waals surface area contributed by atoms with E-state index in [4.69, 9.17) is 4.74 Å². The summed E-state index contributed by atoms with van der Waals surface area (Å²) in [7, 11) is 0. The van der Waals surface area contributed by atoms with Gasteiger partial charge in [0.15, 0.2) is 0 Å². The number of aliphatic hydroxyl groups excluding tert-OH is 1. The minimum atomic E-state index is -0.391. The van der Waals surface area contributed by atoms with Crippen molar-refractivity contribution in [2.24, 2.45) is 11.8 Å². The molecule has 0 aromatic carbocycles. The van der Waals surface area contributed by atoms with E-state index in [1.54, 1.807) is 6.33 Å². The number of aromatic nitrogens is 3. The second-order valence-corrected chi connectivity index (χ2v) is 5.55. The summed E-state index contributed by atoms with van der Waals surface area (Å²) in [6, 6.07) is 0. The molecule has 2 rings (SSSR count). The molecular formula is C13H23N3O2. The van der Waals surface area contributed by atoms with Crippen molar-refractivity contribution in [1.29, 1.82) is 0 Å². The van der Waals surface area contributed by atoms with E-state index in [0.29, 0.717) is 12.3 Å². The summed E-state index contributed by atoms with van der Waals surface area (Å²) in [5.41, 5.74) is 0. The van der Waals surface area contributed by atoms with E-state index in [-0.39, 0.29) is 12.0 Å². The normalized spacial score (nSPS) is 25.8. The maximum absolute atomic E-state index is 10.3. The second kappa shape index (κ2) is 5.80. The Hall–Kier alpha value is -0.940. The van der Waals surface area contributed by atoms with Crippen molar-refractivity contribution in [2.45, 2.75) is 52.4 Å². The van der Waals surface area contributed by atoms with Crippen molar-refractivity contribution in [2.75, 3.05) is 6.61 Å². The number of ether oxygens (including phenoxy) is 1. The Morgan fingerprint density at radius 3 is 2.94 bits per heavy atom. The van der Waals surface area contributed by atoms with Gasteiger partial charge < -0.3 is 9.84 Å². The first-order chi connectivity index (χ1) is 8.58. The molecule has 5 nitrogen and oxygen atoms in total. The zero-order valence-electron chi connectivity index (χ0n) is 11.4. The highest BCUT2D eigenvalue weighted by Gasteiger charge is 2.31. The van der Waals surface area contributed by atoms with Gasteiger partial charge in [-0.15, -0.1) is 0 Å². The molecule has 1 aromatic rings. The first-order valence-corrected chi connectivity index (χ1v) is 6.74. The van der Waals surface area contributed by atoms with Gasteiger partial charge in [0.1, 0.15) is 12.2 Å². The van der Waals surface area contributed by atoms with E-state index in [9.17, 15) is 5.11 Å². The molecule has 3 atom stereocenters. The number of rotatable bonds is 5. The summed E-state index contributed by atoms with van der Waals surface area (Å²) in [6.45, 7) is 7.92. The predicted molar refractivity (Wildman–Crippen MR) is 68.1 cm³/mol. The molecule has 0 spiro atoms. The maximum atomic E-state index is 10.3. The molecule has 0 bridgehead atoms. The first kappa shape index (κ1) is 13.5. The molecule has 0 saturated carbocycles. The quantitative estimate of drug-likeness (QED) is 0.858. The van der Waals surface area contributed by atoms with Gasteiger partial charge in [0.2, 0.25) is 0 Å². The minimum absolute atomic E-state index is 0.140. The van der Waals surface area contributed by atoms with Crippen LogP contribution in [0.1, 0.15) is 33.0 Å². The molecule has 1 aliphatic heterocycles. The zero-order chi connectivity index (χ0) is 13.1. The highest BCUT2D eigenvalue weighted by molar-refractivity contribution is 4.92. The molecule has 102 valence electrons. The lowest BCUT2D eigenvalue weighted by molar-refractivity contribution is 0.0425. The molecule has 5 heteroatoms. The molecule has 1 N–H and O–H groups in total. The van der Waals surface area contributed by atoms with Gasteiger partial charge in [-0.2, -0.15) is 5.10 Å². The highest BCUT2D eigenvalue weighted by Crippen LogP contribution is 2.25. The number of aliphatic hydroxyl groups is 1. The minimum Gasteiger partial charge on any atom is -0.392 e. The summed E-state index contributed by atoms with van der Waals surface area (Å²) >= 11 is 0. The second-order valence-electron chi connectivity index (χ2n) is 5.55. The van der Waals surface area contributed by atoms with Gasteiger partial charge in [0.05, 0.1) is 12.2 Å². The van der Waals surface area contributed by atoms with Crippen LogP contribution in [0.25, 0.3) is 0 Å². The van der Waals surface area contributed by atoms with Crippen LogP contribution in [0.4, 0.5) is 0 Å². The third-order valence-electron chi connectivity index (χ3n) is 3.55. The molecule has 2 heterocycles. The van der Waals surface area contributed by atoms with Crippen LogP contribution in [0.15, 0.2) is 6.33 Å². The van der Waals surface area contributed by atoms with Crippen molar-refractivity contribution in [1.82, 2.24) is 14.8 Å². The van der Waals surface area contributed by atoms with Gasteiger partial charge in [-0.05, 0) is 19.3 Å². The lowest BCUT2D eigenvalue weighted by atomic mass is 9.93. The van der Waals surface area contributed by atoms with Crippen molar-refractivity contribution in [3.63, 3.8) is 0 Å². The third kappa shape index (κ3) is 3.09. The van der Waals surface area contributed by atoms with Crippen LogP contribution in [0.3, 0.4) is 0 Å². The van der Waals surface area contributed by atoms with Gasteiger partial charge in [-0.25, -0.2) is 9.67 Å². The number of hydrogen-bond donors (Lipinski definition) is 1. The molecular weight excluding hydrogens is 230 g/mol. The standard InChI is InChI=1S/C13H23N3O2/c1-9(2)7-16-13(14-8-15-16)6-12(17)11-4-5-18-10(11)3/h8-12,17H,4-7H2,1-3H3. The van der Waals surface area contributed by atoms with E-state index in [1.807, 2.05) is 11.6 Å². The van der Waals surface area contributed by atoms with Crippen molar-refractivity contribution >= 4 is 0 Å². The zero-order valence-corrected chi connectivity index (χ0v) is 11.4. The topological polar surface area (TPSA) is 60.2 Å². The molecule has 1 fully saturated rings. The van der Waals surface area contributed by atoms with Crippen LogP contribution < -0.4 is 0 Å². The average molecular weight is 253 g/mol. The van der Waals surface area contributed by atoms with E-state index < -0.39 is 6.10 Å². The van der Waals surface area contributed by atoms with Gasteiger partial charge in [-0.3, -0.25) is 0 Å². The van der Waals surface area contributed by atoms with Crippen LogP contribution in [-0.2, 0) is 17.7 Å². The maximum Gasteiger partial charge on any atom is 0.138 e. The summed E-state index contributed by atoms with van der Waals surface area (Å²) in [4.78, 5) is 4.26. The smallest absolute Gasteiger partial charge is 0.138 e. The fourth-order valence-corrected chi connectivity index (χ4v) is 2.54. The van der Waals surface area contributed by atoms with Crippen LogP contribution in [0.2, 0.25) is 0 Å². The van der Waals surface area contributed by atoms with Crippen molar-refractivity contribution < 1.29 is 9.84 Å². The van der Waals surface area contributed by atoms with Crippen LogP contribution >= 0.6 is 0 Å². The molecule has 1 aliphatic rings. The van der Waals surface area contributed by atoms with Crippen LogP contribution in [-0.4, -0.2) is 38.7 Å². The largest absolute Gasteiger partial charge is 0.392 e. The lowest BCUT2D eigenvalue weighted by Crippen LogP contribution is -2.29. The monoisotopic (exact) mass is 253 g/mol. The molecule has 1 aromatic heterocycles. The van der Waals surface area contributed by atoms with E-state index in [1.165, 1.54) is 0 Å².